The molecule has 2 aromatic carbocycles. The van der Waals surface area contributed by atoms with E-state index in [2.05, 4.69) is 34.9 Å². The summed E-state index contributed by atoms with van der Waals surface area (Å²) in [4.78, 5) is 35.7. The molecule has 3 N–H and O–H groups in total. The van der Waals surface area contributed by atoms with Gasteiger partial charge in [-0.05, 0) is 48.4 Å². The summed E-state index contributed by atoms with van der Waals surface area (Å²) in [5.41, 5.74) is 4.72. The Morgan fingerprint density at radius 2 is 1.53 bits per heavy atom. The molecule has 2 aromatic rings. The van der Waals surface area contributed by atoms with Gasteiger partial charge in [-0.15, -0.1) is 0 Å². The molecule has 3 rings (SSSR count). The van der Waals surface area contributed by atoms with Crippen molar-refractivity contribution in [2.75, 3.05) is 6.61 Å². The number of fused-ring (bicyclic) bond motifs is 3. The molecule has 0 radical (unpaired) electrons. The third-order valence-corrected chi connectivity index (χ3v) is 6.45. The average molecular weight is 467 g/mol. The Labute approximate surface area is 200 Å². The van der Waals surface area contributed by atoms with Crippen molar-refractivity contribution in [1.82, 2.24) is 10.6 Å². The maximum atomic E-state index is 12.4. The van der Waals surface area contributed by atoms with Crippen molar-refractivity contribution < 1.29 is 24.2 Å². The SMILES string of the molecule is CC[C@@H](NC(=O)C(C)CCCC(C)NC(=O)OCC1c2ccccc2-c2ccccc21)C(=O)O. The fourth-order valence-corrected chi connectivity index (χ4v) is 4.43. The van der Waals surface area contributed by atoms with E-state index < -0.39 is 18.1 Å². The Bertz CT molecular complexity index is 976. The fourth-order valence-electron chi connectivity index (χ4n) is 4.43. The van der Waals surface area contributed by atoms with Crippen LogP contribution in [0.25, 0.3) is 11.1 Å². The Balaban J connectivity index is 1.42. The third kappa shape index (κ3) is 6.16. The summed E-state index contributed by atoms with van der Waals surface area (Å²) in [6.07, 6.45) is 1.92. The fraction of sp³-hybridized carbons (Fsp3) is 0.444. The van der Waals surface area contributed by atoms with Crippen molar-refractivity contribution >= 4 is 18.0 Å². The highest BCUT2D eigenvalue weighted by Crippen LogP contribution is 2.44. The second-order valence-electron chi connectivity index (χ2n) is 9.01. The van der Waals surface area contributed by atoms with Crippen LogP contribution in [-0.4, -0.2) is 41.8 Å². The summed E-state index contributed by atoms with van der Waals surface area (Å²) in [6.45, 7) is 5.68. The minimum absolute atomic E-state index is 0.0190. The maximum absolute atomic E-state index is 12.4. The summed E-state index contributed by atoms with van der Waals surface area (Å²) in [6, 6.07) is 15.5. The van der Waals surface area contributed by atoms with Gasteiger partial charge in [-0.2, -0.15) is 0 Å². The van der Waals surface area contributed by atoms with Crippen LogP contribution in [0.4, 0.5) is 4.79 Å². The van der Waals surface area contributed by atoms with E-state index in [1.54, 1.807) is 13.8 Å². The predicted octanol–water partition coefficient (Wildman–Crippen LogP) is 4.70. The molecular weight excluding hydrogens is 432 g/mol. The summed E-state index contributed by atoms with van der Waals surface area (Å²) >= 11 is 0. The van der Waals surface area contributed by atoms with Crippen molar-refractivity contribution in [3.63, 3.8) is 0 Å². The molecular formula is C27H34N2O5. The molecule has 2 unspecified atom stereocenters. The van der Waals surface area contributed by atoms with Crippen molar-refractivity contribution in [2.24, 2.45) is 5.92 Å². The highest BCUT2D eigenvalue weighted by Gasteiger charge is 2.29. The average Bonchev–Trinajstić information content (AvgIpc) is 3.14. The Kier molecular flexibility index (Phi) is 8.68. The number of amides is 2. The molecule has 2 amide bonds. The highest BCUT2D eigenvalue weighted by molar-refractivity contribution is 5.84. The van der Waals surface area contributed by atoms with E-state index in [0.29, 0.717) is 19.3 Å². The molecule has 0 heterocycles. The van der Waals surface area contributed by atoms with E-state index in [-0.39, 0.29) is 30.4 Å². The van der Waals surface area contributed by atoms with Gasteiger partial charge in [0, 0.05) is 17.9 Å². The van der Waals surface area contributed by atoms with Gasteiger partial charge in [-0.1, -0.05) is 68.8 Å². The second kappa shape index (κ2) is 11.7. The molecule has 0 bridgehead atoms. The number of hydrogen-bond donors (Lipinski definition) is 3. The van der Waals surface area contributed by atoms with Gasteiger partial charge in [0.15, 0.2) is 0 Å². The Morgan fingerprint density at radius 3 is 2.09 bits per heavy atom. The number of ether oxygens (including phenoxy) is 1. The molecule has 1 aliphatic carbocycles. The smallest absolute Gasteiger partial charge is 0.407 e. The van der Waals surface area contributed by atoms with Crippen LogP contribution in [0.15, 0.2) is 48.5 Å². The van der Waals surface area contributed by atoms with Gasteiger partial charge in [-0.3, -0.25) is 4.79 Å². The lowest BCUT2D eigenvalue weighted by molar-refractivity contribution is -0.142. The van der Waals surface area contributed by atoms with Crippen LogP contribution >= 0.6 is 0 Å². The molecule has 7 nitrogen and oxygen atoms in total. The normalized spacial score (nSPS) is 14.9. The number of carboxylic acid groups (broad SMARTS) is 1. The van der Waals surface area contributed by atoms with Gasteiger partial charge < -0.3 is 20.5 Å². The highest BCUT2D eigenvalue weighted by atomic mass is 16.5. The minimum atomic E-state index is -1.02. The van der Waals surface area contributed by atoms with Crippen molar-refractivity contribution in [3.8, 4) is 11.1 Å². The first kappa shape index (κ1) is 25.3. The number of benzene rings is 2. The van der Waals surface area contributed by atoms with Crippen LogP contribution in [0.5, 0.6) is 0 Å². The van der Waals surface area contributed by atoms with E-state index >= 15 is 0 Å². The lowest BCUT2D eigenvalue weighted by Gasteiger charge is -2.19. The quantitative estimate of drug-likeness (QED) is 0.445. The largest absolute Gasteiger partial charge is 0.480 e. The number of aliphatic carboxylic acids is 1. The summed E-state index contributed by atoms with van der Waals surface area (Å²) in [5, 5.41) is 14.5. The number of hydrogen-bond acceptors (Lipinski definition) is 4. The predicted molar refractivity (Wildman–Crippen MR) is 131 cm³/mol. The molecule has 34 heavy (non-hydrogen) atoms. The molecule has 0 saturated carbocycles. The van der Waals surface area contributed by atoms with Crippen LogP contribution in [0.1, 0.15) is 63.5 Å². The molecule has 0 aliphatic heterocycles. The van der Waals surface area contributed by atoms with E-state index in [0.717, 1.165) is 6.42 Å². The topological polar surface area (TPSA) is 105 Å². The Hall–Kier alpha value is -3.35. The molecule has 0 aromatic heterocycles. The standard InChI is InChI=1S/C27H34N2O5/c1-4-24(26(31)32)29-25(30)17(2)10-9-11-18(3)28-27(33)34-16-23-21-14-7-5-12-19(21)20-13-6-8-15-22(20)23/h5-8,12-15,17-18,23-24H,4,9-11,16H2,1-3H3,(H,28,33)(H,29,30)(H,31,32)/t17?,18?,24-/m1/s1. The number of alkyl carbamates (subject to hydrolysis) is 1. The maximum Gasteiger partial charge on any atom is 0.407 e. The zero-order valence-corrected chi connectivity index (χ0v) is 20.0. The van der Waals surface area contributed by atoms with E-state index in [4.69, 9.17) is 9.84 Å². The first-order valence-electron chi connectivity index (χ1n) is 12.0. The number of rotatable bonds is 11. The van der Waals surface area contributed by atoms with Crippen LogP contribution in [0, 0.1) is 5.92 Å². The van der Waals surface area contributed by atoms with Crippen LogP contribution < -0.4 is 10.6 Å². The lowest BCUT2D eigenvalue weighted by atomic mass is 9.98. The van der Waals surface area contributed by atoms with Crippen molar-refractivity contribution in [1.29, 1.82) is 0 Å². The summed E-state index contributed by atoms with van der Waals surface area (Å²) in [7, 11) is 0. The van der Waals surface area contributed by atoms with Gasteiger partial charge in [-0.25, -0.2) is 9.59 Å². The van der Waals surface area contributed by atoms with Gasteiger partial charge in [0.05, 0.1) is 0 Å². The van der Waals surface area contributed by atoms with E-state index in [1.165, 1.54) is 22.3 Å². The molecule has 1 aliphatic rings. The number of carbonyl (C=O) groups excluding carboxylic acids is 2. The molecule has 0 fully saturated rings. The molecule has 0 spiro atoms. The molecule has 7 heteroatoms. The molecule has 3 atom stereocenters. The first-order valence-corrected chi connectivity index (χ1v) is 12.0. The van der Waals surface area contributed by atoms with Gasteiger partial charge in [0.2, 0.25) is 5.91 Å². The summed E-state index contributed by atoms with van der Waals surface area (Å²) < 4.78 is 5.58. The van der Waals surface area contributed by atoms with Crippen molar-refractivity contribution in [2.45, 2.75) is 64.5 Å². The van der Waals surface area contributed by atoms with E-state index in [1.807, 2.05) is 31.2 Å². The number of carbonyl (C=O) groups is 3. The van der Waals surface area contributed by atoms with Crippen LogP contribution in [-0.2, 0) is 14.3 Å². The third-order valence-electron chi connectivity index (χ3n) is 6.45. The van der Waals surface area contributed by atoms with Crippen LogP contribution in [0.3, 0.4) is 0 Å². The van der Waals surface area contributed by atoms with Gasteiger partial charge in [0.1, 0.15) is 12.6 Å². The monoisotopic (exact) mass is 466 g/mol. The second-order valence-corrected chi connectivity index (χ2v) is 9.01. The summed E-state index contributed by atoms with van der Waals surface area (Å²) in [5.74, 6) is -1.56. The van der Waals surface area contributed by atoms with Crippen LogP contribution in [0.2, 0.25) is 0 Å². The minimum Gasteiger partial charge on any atom is -0.480 e. The molecule has 0 saturated heterocycles. The Morgan fingerprint density at radius 1 is 0.941 bits per heavy atom. The zero-order valence-electron chi connectivity index (χ0n) is 20.0. The van der Waals surface area contributed by atoms with Gasteiger partial charge in [0.25, 0.3) is 0 Å². The molecule has 182 valence electrons. The number of nitrogens with one attached hydrogen (secondary N) is 2. The first-order chi connectivity index (χ1) is 16.3. The number of carboxylic acids is 1. The zero-order chi connectivity index (χ0) is 24.7. The lowest BCUT2D eigenvalue weighted by Crippen LogP contribution is -2.42. The van der Waals surface area contributed by atoms with E-state index in [9.17, 15) is 14.4 Å². The van der Waals surface area contributed by atoms with Gasteiger partial charge >= 0.3 is 12.1 Å². The van der Waals surface area contributed by atoms with Crippen molar-refractivity contribution in [3.05, 3.63) is 59.7 Å².